The highest BCUT2D eigenvalue weighted by molar-refractivity contribution is 5.87. The summed E-state index contributed by atoms with van der Waals surface area (Å²) < 4.78 is 5.18. The molecule has 2 rings (SSSR count). The fraction of sp³-hybridized carbons (Fsp3) is 0.500. The first-order valence-electron chi connectivity index (χ1n) is 7.17. The first-order chi connectivity index (χ1) is 9.85. The number of ether oxygens (including phenoxy) is 1. The van der Waals surface area contributed by atoms with Gasteiger partial charge in [0.2, 0.25) is 5.91 Å². The number of likely N-dealkylation sites (tertiary alicyclic amines) is 1. The lowest BCUT2D eigenvalue weighted by molar-refractivity contribution is -0.129. The van der Waals surface area contributed by atoms with Crippen molar-refractivity contribution in [1.82, 2.24) is 10.2 Å². The molecule has 0 saturated carbocycles. The third-order valence-corrected chi connectivity index (χ3v) is 3.20. The third-order valence-electron chi connectivity index (χ3n) is 3.20. The molecule has 1 atom stereocenters. The normalized spacial score (nSPS) is 18.7. The van der Waals surface area contributed by atoms with Crippen molar-refractivity contribution >= 4 is 12.0 Å². The van der Waals surface area contributed by atoms with E-state index in [-0.39, 0.29) is 5.91 Å². The van der Waals surface area contributed by atoms with Crippen molar-refractivity contribution in [2.24, 2.45) is 0 Å². The van der Waals surface area contributed by atoms with Gasteiger partial charge in [0, 0.05) is 13.1 Å². The fourth-order valence-electron chi connectivity index (χ4n) is 2.28. The Labute approximate surface area is 125 Å². The van der Waals surface area contributed by atoms with Gasteiger partial charge in [-0.2, -0.15) is 0 Å². The van der Waals surface area contributed by atoms with Gasteiger partial charge in [0.05, 0.1) is 0 Å². The molecule has 1 aliphatic heterocycles. The highest BCUT2D eigenvalue weighted by Gasteiger charge is 2.33. The fourth-order valence-corrected chi connectivity index (χ4v) is 2.28. The molecule has 1 heterocycles. The summed E-state index contributed by atoms with van der Waals surface area (Å²) in [5.41, 5.74) is 0.527. The van der Waals surface area contributed by atoms with Crippen LogP contribution in [-0.4, -0.2) is 35.1 Å². The molecule has 1 saturated heterocycles. The Morgan fingerprint density at radius 2 is 2.00 bits per heavy atom. The standard InChI is InChI=1S/C16H22N2O3/c1-16(2,3)21-15(20)17-13-9-10-18(14(13)19)11-12-7-5-4-6-8-12/h4-8,13H,9-11H2,1-3H3,(H,17,20)/t13-/m0/s1. The van der Waals surface area contributed by atoms with E-state index in [1.165, 1.54) is 0 Å². The van der Waals surface area contributed by atoms with Gasteiger partial charge in [0.15, 0.2) is 0 Å². The summed E-state index contributed by atoms with van der Waals surface area (Å²) in [6, 6.07) is 9.34. The summed E-state index contributed by atoms with van der Waals surface area (Å²) in [7, 11) is 0. The Hall–Kier alpha value is -2.04. The average molecular weight is 290 g/mol. The topological polar surface area (TPSA) is 58.6 Å². The minimum atomic E-state index is -0.560. The van der Waals surface area contributed by atoms with Crippen molar-refractivity contribution in [2.75, 3.05) is 6.54 Å². The second-order valence-electron chi connectivity index (χ2n) is 6.23. The highest BCUT2D eigenvalue weighted by Crippen LogP contribution is 2.16. The van der Waals surface area contributed by atoms with Crippen LogP contribution in [0.15, 0.2) is 30.3 Å². The number of benzene rings is 1. The lowest BCUT2D eigenvalue weighted by Crippen LogP contribution is -2.43. The van der Waals surface area contributed by atoms with E-state index >= 15 is 0 Å². The molecule has 0 spiro atoms. The number of amides is 2. The Kier molecular flexibility index (Phi) is 4.50. The van der Waals surface area contributed by atoms with Gasteiger partial charge >= 0.3 is 6.09 Å². The van der Waals surface area contributed by atoms with E-state index in [1.54, 1.807) is 25.7 Å². The van der Waals surface area contributed by atoms with Crippen LogP contribution in [0.2, 0.25) is 0 Å². The van der Waals surface area contributed by atoms with Gasteiger partial charge < -0.3 is 15.0 Å². The lowest BCUT2D eigenvalue weighted by atomic mass is 10.2. The molecule has 0 aliphatic carbocycles. The van der Waals surface area contributed by atoms with Crippen LogP contribution < -0.4 is 5.32 Å². The van der Waals surface area contributed by atoms with Crippen molar-refractivity contribution < 1.29 is 14.3 Å². The van der Waals surface area contributed by atoms with Crippen LogP contribution in [0.3, 0.4) is 0 Å². The largest absolute Gasteiger partial charge is 0.444 e. The summed E-state index contributed by atoms with van der Waals surface area (Å²) in [6.07, 6.45) is 0.0765. The van der Waals surface area contributed by atoms with Crippen LogP contribution in [-0.2, 0) is 16.1 Å². The molecule has 5 nitrogen and oxygen atoms in total. The maximum atomic E-state index is 12.3. The molecule has 1 fully saturated rings. The quantitative estimate of drug-likeness (QED) is 0.929. The molecule has 1 N–H and O–H groups in total. The van der Waals surface area contributed by atoms with Crippen LogP contribution in [0.1, 0.15) is 32.8 Å². The van der Waals surface area contributed by atoms with Crippen LogP contribution >= 0.6 is 0 Å². The molecule has 0 bridgehead atoms. The summed E-state index contributed by atoms with van der Waals surface area (Å²) >= 11 is 0. The van der Waals surface area contributed by atoms with Gasteiger partial charge in [-0.3, -0.25) is 4.79 Å². The molecular formula is C16H22N2O3. The molecule has 0 radical (unpaired) electrons. The molecule has 114 valence electrons. The number of hydrogen-bond acceptors (Lipinski definition) is 3. The number of nitrogens with zero attached hydrogens (tertiary/aromatic N) is 1. The molecule has 1 aromatic carbocycles. The Morgan fingerprint density at radius 1 is 1.33 bits per heavy atom. The molecule has 1 aromatic rings. The number of nitrogens with one attached hydrogen (secondary N) is 1. The second kappa shape index (κ2) is 6.16. The van der Waals surface area contributed by atoms with E-state index in [9.17, 15) is 9.59 Å². The molecular weight excluding hydrogens is 268 g/mol. The minimum Gasteiger partial charge on any atom is -0.444 e. The van der Waals surface area contributed by atoms with Crippen molar-refractivity contribution in [1.29, 1.82) is 0 Å². The number of carbonyl (C=O) groups excluding carboxylic acids is 2. The van der Waals surface area contributed by atoms with Crippen LogP contribution in [0, 0.1) is 0 Å². The van der Waals surface area contributed by atoms with E-state index in [0.29, 0.717) is 19.5 Å². The lowest BCUT2D eigenvalue weighted by Gasteiger charge is -2.21. The van der Waals surface area contributed by atoms with E-state index < -0.39 is 17.7 Å². The number of alkyl carbamates (subject to hydrolysis) is 1. The maximum absolute atomic E-state index is 12.3. The summed E-state index contributed by atoms with van der Waals surface area (Å²) in [5.74, 6) is -0.0512. The van der Waals surface area contributed by atoms with E-state index in [2.05, 4.69) is 5.32 Å². The van der Waals surface area contributed by atoms with E-state index in [4.69, 9.17) is 4.74 Å². The first-order valence-corrected chi connectivity index (χ1v) is 7.17. The second-order valence-corrected chi connectivity index (χ2v) is 6.23. The SMILES string of the molecule is CC(C)(C)OC(=O)N[C@H]1CCN(Cc2ccccc2)C1=O. The zero-order chi connectivity index (χ0) is 15.5. The van der Waals surface area contributed by atoms with Crippen molar-refractivity contribution in [3.63, 3.8) is 0 Å². The predicted molar refractivity (Wildman–Crippen MR) is 79.6 cm³/mol. The maximum Gasteiger partial charge on any atom is 0.408 e. The van der Waals surface area contributed by atoms with E-state index in [1.807, 2.05) is 30.3 Å². The highest BCUT2D eigenvalue weighted by atomic mass is 16.6. The number of carbonyl (C=O) groups is 2. The summed E-state index contributed by atoms with van der Waals surface area (Å²) in [6.45, 7) is 6.61. The minimum absolute atomic E-state index is 0.0512. The smallest absolute Gasteiger partial charge is 0.408 e. The van der Waals surface area contributed by atoms with Crippen LogP contribution in [0.25, 0.3) is 0 Å². The van der Waals surface area contributed by atoms with Crippen LogP contribution in [0.4, 0.5) is 4.79 Å². The molecule has 1 aliphatic rings. The van der Waals surface area contributed by atoms with E-state index in [0.717, 1.165) is 5.56 Å². The summed E-state index contributed by atoms with van der Waals surface area (Å²) in [5, 5.41) is 2.65. The number of rotatable bonds is 3. The van der Waals surface area contributed by atoms with Crippen molar-refractivity contribution in [2.45, 2.75) is 45.4 Å². The van der Waals surface area contributed by atoms with Gasteiger partial charge in [-0.05, 0) is 32.8 Å². The zero-order valence-electron chi connectivity index (χ0n) is 12.8. The molecule has 21 heavy (non-hydrogen) atoms. The average Bonchev–Trinajstić information content (AvgIpc) is 2.70. The third kappa shape index (κ3) is 4.48. The van der Waals surface area contributed by atoms with Gasteiger partial charge in [-0.1, -0.05) is 30.3 Å². The first kappa shape index (κ1) is 15.4. The predicted octanol–water partition coefficient (Wildman–Crippen LogP) is 2.31. The van der Waals surface area contributed by atoms with Gasteiger partial charge in [-0.15, -0.1) is 0 Å². The van der Waals surface area contributed by atoms with Gasteiger partial charge in [-0.25, -0.2) is 4.79 Å². The Morgan fingerprint density at radius 3 is 2.62 bits per heavy atom. The molecule has 2 amide bonds. The Bertz CT molecular complexity index is 508. The molecule has 0 unspecified atom stereocenters. The Balaban J connectivity index is 1.88. The monoisotopic (exact) mass is 290 g/mol. The van der Waals surface area contributed by atoms with Crippen molar-refractivity contribution in [3.8, 4) is 0 Å². The molecule has 5 heteroatoms. The van der Waals surface area contributed by atoms with Gasteiger partial charge in [0.25, 0.3) is 0 Å². The zero-order valence-corrected chi connectivity index (χ0v) is 12.8. The number of hydrogen-bond donors (Lipinski definition) is 1. The summed E-state index contributed by atoms with van der Waals surface area (Å²) in [4.78, 5) is 25.7. The van der Waals surface area contributed by atoms with Crippen LogP contribution in [0.5, 0.6) is 0 Å². The van der Waals surface area contributed by atoms with Crippen molar-refractivity contribution in [3.05, 3.63) is 35.9 Å². The van der Waals surface area contributed by atoms with Gasteiger partial charge in [0.1, 0.15) is 11.6 Å². The molecule has 0 aromatic heterocycles.